The average molecular weight is 223 g/mol. The summed E-state index contributed by atoms with van der Waals surface area (Å²) in [5.74, 6) is -0.0465. The number of aromatic amines is 1. The molecular weight excluding hydrogens is 214 g/mol. The normalized spacial score (nSPS) is 10.2. The summed E-state index contributed by atoms with van der Waals surface area (Å²) in [4.78, 5) is 20.3. The SMILES string of the molecule is Cc1ncc(CNC(=O)c2ncn[nH]2)s1. The van der Waals surface area contributed by atoms with Crippen LogP contribution in [-0.2, 0) is 6.54 Å². The summed E-state index contributed by atoms with van der Waals surface area (Å²) in [5.41, 5.74) is 0. The lowest BCUT2D eigenvalue weighted by Crippen LogP contribution is -2.23. The maximum Gasteiger partial charge on any atom is 0.288 e. The summed E-state index contributed by atoms with van der Waals surface area (Å²) in [6, 6.07) is 0. The molecule has 0 spiro atoms. The van der Waals surface area contributed by atoms with E-state index in [-0.39, 0.29) is 11.7 Å². The predicted molar refractivity (Wildman–Crippen MR) is 54.4 cm³/mol. The van der Waals surface area contributed by atoms with Gasteiger partial charge in [0.1, 0.15) is 6.33 Å². The van der Waals surface area contributed by atoms with Gasteiger partial charge >= 0.3 is 0 Å². The highest BCUT2D eigenvalue weighted by molar-refractivity contribution is 7.11. The number of carbonyl (C=O) groups excluding carboxylic acids is 1. The zero-order valence-electron chi connectivity index (χ0n) is 8.02. The second-order valence-electron chi connectivity index (χ2n) is 2.86. The highest BCUT2D eigenvalue weighted by atomic mass is 32.1. The van der Waals surface area contributed by atoms with Crippen molar-refractivity contribution in [3.63, 3.8) is 0 Å². The molecule has 78 valence electrons. The molecule has 2 rings (SSSR count). The first-order valence-corrected chi connectivity index (χ1v) is 5.12. The van der Waals surface area contributed by atoms with Crippen molar-refractivity contribution in [2.24, 2.45) is 0 Å². The van der Waals surface area contributed by atoms with E-state index < -0.39 is 0 Å². The molecule has 0 aromatic carbocycles. The molecule has 0 aliphatic heterocycles. The number of H-pyrrole nitrogens is 1. The molecule has 0 saturated carbocycles. The molecule has 0 radical (unpaired) electrons. The lowest BCUT2D eigenvalue weighted by Gasteiger charge is -1.98. The zero-order chi connectivity index (χ0) is 10.7. The van der Waals surface area contributed by atoms with Crippen LogP contribution in [0, 0.1) is 6.92 Å². The topological polar surface area (TPSA) is 83.6 Å². The van der Waals surface area contributed by atoms with Crippen LogP contribution in [0.25, 0.3) is 0 Å². The summed E-state index contributed by atoms with van der Waals surface area (Å²) in [6.45, 7) is 2.39. The van der Waals surface area contributed by atoms with Gasteiger partial charge in [-0.25, -0.2) is 9.97 Å². The Morgan fingerprint density at radius 3 is 3.07 bits per heavy atom. The van der Waals surface area contributed by atoms with Gasteiger partial charge in [-0.1, -0.05) is 0 Å². The fraction of sp³-hybridized carbons (Fsp3) is 0.250. The monoisotopic (exact) mass is 223 g/mol. The highest BCUT2D eigenvalue weighted by Crippen LogP contribution is 2.10. The van der Waals surface area contributed by atoms with E-state index in [0.717, 1.165) is 9.88 Å². The number of amides is 1. The molecule has 0 fully saturated rings. The van der Waals surface area contributed by atoms with E-state index in [1.807, 2.05) is 6.92 Å². The molecule has 2 heterocycles. The molecule has 0 bridgehead atoms. The van der Waals surface area contributed by atoms with Gasteiger partial charge in [-0.2, -0.15) is 5.10 Å². The summed E-state index contributed by atoms with van der Waals surface area (Å²) >= 11 is 1.55. The van der Waals surface area contributed by atoms with Crippen molar-refractivity contribution in [2.75, 3.05) is 0 Å². The third-order valence-corrected chi connectivity index (χ3v) is 2.64. The van der Waals surface area contributed by atoms with Crippen LogP contribution in [0.3, 0.4) is 0 Å². The number of hydrogen-bond donors (Lipinski definition) is 2. The second-order valence-corrected chi connectivity index (χ2v) is 4.18. The van der Waals surface area contributed by atoms with Crippen LogP contribution < -0.4 is 5.32 Å². The molecule has 2 aromatic rings. The van der Waals surface area contributed by atoms with E-state index in [0.29, 0.717) is 6.54 Å². The van der Waals surface area contributed by atoms with Gasteiger partial charge in [0.25, 0.3) is 5.91 Å². The van der Waals surface area contributed by atoms with E-state index in [1.54, 1.807) is 17.5 Å². The summed E-state index contributed by atoms with van der Waals surface area (Å²) in [6.07, 6.45) is 3.05. The van der Waals surface area contributed by atoms with E-state index >= 15 is 0 Å². The molecule has 0 saturated heterocycles. The molecule has 0 aliphatic carbocycles. The quantitative estimate of drug-likeness (QED) is 0.793. The fourth-order valence-corrected chi connectivity index (χ4v) is 1.79. The van der Waals surface area contributed by atoms with Crippen LogP contribution in [0.5, 0.6) is 0 Å². The van der Waals surface area contributed by atoms with Gasteiger partial charge in [0.2, 0.25) is 5.82 Å². The maximum absolute atomic E-state index is 11.4. The smallest absolute Gasteiger partial charge is 0.288 e. The van der Waals surface area contributed by atoms with Crippen molar-refractivity contribution in [2.45, 2.75) is 13.5 Å². The largest absolute Gasteiger partial charge is 0.344 e. The van der Waals surface area contributed by atoms with E-state index in [2.05, 4.69) is 25.5 Å². The molecule has 0 aliphatic rings. The first-order valence-electron chi connectivity index (χ1n) is 4.30. The number of thiazole rings is 1. The van der Waals surface area contributed by atoms with E-state index in [9.17, 15) is 4.79 Å². The zero-order valence-corrected chi connectivity index (χ0v) is 8.84. The summed E-state index contributed by atoms with van der Waals surface area (Å²) < 4.78 is 0. The van der Waals surface area contributed by atoms with Crippen molar-refractivity contribution >= 4 is 17.2 Å². The molecule has 0 unspecified atom stereocenters. The maximum atomic E-state index is 11.4. The Labute approximate surface area is 89.8 Å². The Morgan fingerprint density at radius 2 is 2.47 bits per heavy atom. The summed E-state index contributed by atoms with van der Waals surface area (Å²) in [7, 11) is 0. The van der Waals surface area contributed by atoms with Gasteiger partial charge in [-0.3, -0.25) is 9.89 Å². The first-order chi connectivity index (χ1) is 7.25. The number of rotatable bonds is 3. The lowest BCUT2D eigenvalue weighted by atomic mass is 10.5. The van der Waals surface area contributed by atoms with Crippen molar-refractivity contribution in [3.8, 4) is 0 Å². The molecule has 7 heteroatoms. The molecule has 2 aromatic heterocycles. The number of nitrogens with one attached hydrogen (secondary N) is 2. The number of hydrogen-bond acceptors (Lipinski definition) is 5. The van der Waals surface area contributed by atoms with Crippen molar-refractivity contribution < 1.29 is 4.79 Å². The van der Waals surface area contributed by atoms with Gasteiger partial charge in [0.05, 0.1) is 11.6 Å². The van der Waals surface area contributed by atoms with Gasteiger partial charge in [0.15, 0.2) is 0 Å². The second kappa shape index (κ2) is 4.18. The van der Waals surface area contributed by atoms with Crippen molar-refractivity contribution in [1.82, 2.24) is 25.5 Å². The molecule has 15 heavy (non-hydrogen) atoms. The number of aromatic nitrogens is 4. The van der Waals surface area contributed by atoms with E-state index in [4.69, 9.17) is 0 Å². The van der Waals surface area contributed by atoms with Crippen LogP contribution in [0.1, 0.15) is 20.5 Å². The molecule has 0 atom stereocenters. The third kappa shape index (κ3) is 2.38. The Morgan fingerprint density at radius 1 is 1.60 bits per heavy atom. The molecule has 6 nitrogen and oxygen atoms in total. The molecular formula is C8H9N5OS. The highest BCUT2D eigenvalue weighted by Gasteiger charge is 2.08. The van der Waals surface area contributed by atoms with Crippen LogP contribution in [0.4, 0.5) is 0 Å². The van der Waals surface area contributed by atoms with Gasteiger partial charge in [-0.05, 0) is 6.92 Å². The van der Waals surface area contributed by atoms with Crippen molar-refractivity contribution in [3.05, 3.63) is 28.2 Å². The van der Waals surface area contributed by atoms with Gasteiger partial charge in [0, 0.05) is 11.1 Å². The Bertz CT molecular complexity index is 449. The fourth-order valence-electron chi connectivity index (χ4n) is 1.05. The van der Waals surface area contributed by atoms with Crippen LogP contribution in [0.2, 0.25) is 0 Å². The van der Waals surface area contributed by atoms with Crippen LogP contribution in [-0.4, -0.2) is 26.1 Å². The minimum atomic E-state index is -0.265. The Hall–Kier alpha value is -1.76. The lowest BCUT2D eigenvalue weighted by molar-refractivity contribution is 0.0941. The van der Waals surface area contributed by atoms with Crippen molar-refractivity contribution in [1.29, 1.82) is 0 Å². The third-order valence-electron chi connectivity index (χ3n) is 1.72. The minimum Gasteiger partial charge on any atom is -0.344 e. The number of carbonyl (C=O) groups is 1. The van der Waals surface area contributed by atoms with E-state index in [1.165, 1.54) is 6.33 Å². The Balaban J connectivity index is 1.91. The van der Waals surface area contributed by atoms with Crippen LogP contribution in [0.15, 0.2) is 12.5 Å². The molecule has 2 N–H and O–H groups in total. The average Bonchev–Trinajstić information content (AvgIpc) is 2.84. The minimum absolute atomic E-state index is 0.219. The Kier molecular flexibility index (Phi) is 2.72. The standard InChI is InChI=1S/C8H9N5OS/c1-5-9-2-6(15-5)3-10-8(14)7-11-4-12-13-7/h2,4H,3H2,1H3,(H,10,14)(H,11,12,13). The molecule has 1 amide bonds. The summed E-state index contributed by atoms with van der Waals surface area (Å²) in [5, 5.41) is 9.79. The predicted octanol–water partition coefficient (Wildman–Crippen LogP) is 0.500. The number of nitrogens with zero attached hydrogens (tertiary/aromatic N) is 3. The van der Waals surface area contributed by atoms with Gasteiger partial charge < -0.3 is 5.32 Å². The first kappa shape index (κ1) is 9.78. The van der Waals surface area contributed by atoms with Crippen LogP contribution >= 0.6 is 11.3 Å². The van der Waals surface area contributed by atoms with Gasteiger partial charge in [-0.15, -0.1) is 11.3 Å². The number of aryl methyl sites for hydroxylation is 1.